The molecule has 154 valence electrons. The van der Waals surface area contributed by atoms with Crippen LogP contribution in [0.1, 0.15) is 40.7 Å². The van der Waals surface area contributed by atoms with Gasteiger partial charge in [-0.3, -0.25) is 24.6 Å². The number of carbonyl (C=O) groups is 3. The number of nitrogens with one attached hydrogen (secondary N) is 2. The number of ether oxygens (including phenoxy) is 1. The Labute approximate surface area is 169 Å². The number of imide groups is 1. The Bertz CT molecular complexity index is 879. The van der Waals surface area contributed by atoms with E-state index in [0.29, 0.717) is 24.6 Å². The Morgan fingerprint density at radius 3 is 2.83 bits per heavy atom. The Morgan fingerprint density at radius 2 is 2.10 bits per heavy atom. The molecule has 0 aromatic heterocycles. The van der Waals surface area contributed by atoms with Crippen LogP contribution in [0.25, 0.3) is 0 Å². The maximum absolute atomic E-state index is 12.8. The average Bonchev–Trinajstić information content (AvgIpc) is 3.23. The third-order valence-corrected chi connectivity index (χ3v) is 6.64. The molecule has 1 aromatic carbocycles. The molecule has 4 aliphatic heterocycles. The largest absolute Gasteiger partial charge is 0.371 e. The van der Waals surface area contributed by atoms with Gasteiger partial charge in [0, 0.05) is 44.2 Å². The quantitative estimate of drug-likeness (QED) is 0.695. The summed E-state index contributed by atoms with van der Waals surface area (Å²) in [5, 5.41) is 5.64. The van der Waals surface area contributed by atoms with Gasteiger partial charge in [-0.1, -0.05) is 12.1 Å². The fourth-order valence-electron chi connectivity index (χ4n) is 5.11. The summed E-state index contributed by atoms with van der Waals surface area (Å²) in [6.07, 6.45) is 1.72. The van der Waals surface area contributed by atoms with Gasteiger partial charge in [0.1, 0.15) is 6.04 Å². The van der Waals surface area contributed by atoms with Crippen molar-refractivity contribution in [3.05, 3.63) is 34.9 Å². The Balaban J connectivity index is 1.23. The van der Waals surface area contributed by atoms with Crippen molar-refractivity contribution in [1.29, 1.82) is 0 Å². The van der Waals surface area contributed by atoms with Gasteiger partial charge in [-0.25, -0.2) is 0 Å². The lowest BCUT2D eigenvalue weighted by Crippen LogP contribution is -2.61. The molecule has 29 heavy (non-hydrogen) atoms. The maximum atomic E-state index is 12.8. The Kier molecular flexibility index (Phi) is 4.45. The van der Waals surface area contributed by atoms with Gasteiger partial charge in [0.2, 0.25) is 11.8 Å². The number of fused-ring (bicyclic) bond motifs is 1. The number of carbonyl (C=O) groups excluding carboxylic acids is 3. The van der Waals surface area contributed by atoms with Crippen LogP contribution in [0.3, 0.4) is 0 Å². The van der Waals surface area contributed by atoms with Crippen LogP contribution in [0.5, 0.6) is 0 Å². The molecule has 4 heterocycles. The smallest absolute Gasteiger partial charge is 0.255 e. The summed E-state index contributed by atoms with van der Waals surface area (Å²) in [5.41, 5.74) is 2.79. The highest BCUT2D eigenvalue weighted by molar-refractivity contribution is 6.05. The molecule has 0 bridgehead atoms. The van der Waals surface area contributed by atoms with Crippen molar-refractivity contribution >= 4 is 17.7 Å². The van der Waals surface area contributed by atoms with Crippen molar-refractivity contribution in [3.8, 4) is 0 Å². The second-order valence-electron chi connectivity index (χ2n) is 8.72. The van der Waals surface area contributed by atoms with Crippen LogP contribution in [0.4, 0.5) is 0 Å². The van der Waals surface area contributed by atoms with Gasteiger partial charge in [-0.15, -0.1) is 0 Å². The third-order valence-electron chi connectivity index (χ3n) is 6.64. The first kappa shape index (κ1) is 18.7. The predicted molar refractivity (Wildman–Crippen MR) is 104 cm³/mol. The SMILES string of the molecule is CNC1COC2(C1)CN(Cc1ccc3c(c1)CN(C1CCC(=O)NC1=O)C3=O)C2. The molecular formula is C21H26N4O4. The zero-order chi connectivity index (χ0) is 20.2. The van der Waals surface area contributed by atoms with E-state index in [1.165, 1.54) is 5.56 Å². The first-order valence-electron chi connectivity index (χ1n) is 10.3. The van der Waals surface area contributed by atoms with E-state index in [2.05, 4.69) is 21.6 Å². The van der Waals surface area contributed by atoms with E-state index in [0.717, 1.165) is 38.2 Å². The lowest BCUT2D eigenvalue weighted by atomic mass is 9.89. The molecule has 2 atom stereocenters. The van der Waals surface area contributed by atoms with Gasteiger partial charge in [-0.05, 0) is 37.1 Å². The average molecular weight is 398 g/mol. The van der Waals surface area contributed by atoms with Gasteiger partial charge in [0.15, 0.2) is 0 Å². The number of likely N-dealkylation sites (tertiary alicyclic amines) is 1. The Hall–Kier alpha value is -2.29. The molecule has 4 aliphatic rings. The van der Waals surface area contributed by atoms with Crippen molar-refractivity contribution < 1.29 is 19.1 Å². The standard InChI is InChI=1S/C21H26N4O4/c1-22-15-7-21(29-10-15)11-24(12-21)8-13-2-3-16-14(6-13)9-25(20(16)28)17-4-5-18(26)23-19(17)27/h2-3,6,15,17,22H,4-5,7-12H2,1H3,(H,23,26,27). The third kappa shape index (κ3) is 3.25. The van der Waals surface area contributed by atoms with E-state index in [1.54, 1.807) is 4.90 Å². The highest BCUT2D eigenvalue weighted by atomic mass is 16.5. The van der Waals surface area contributed by atoms with Crippen molar-refractivity contribution in [2.75, 3.05) is 26.7 Å². The molecule has 2 unspecified atom stereocenters. The summed E-state index contributed by atoms with van der Waals surface area (Å²) in [4.78, 5) is 40.3. The van der Waals surface area contributed by atoms with Gasteiger partial charge in [0.05, 0.1) is 12.2 Å². The molecule has 8 nitrogen and oxygen atoms in total. The molecule has 5 rings (SSSR count). The highest BCUT2D eigenvalue weighted by Crippen LogP contribution is 2.36. The summed E-state index contributed by atoms with van der Waals surface area (Å²) < 4.78 is 6.02. The molecule has 2 N–H and O–H groups in total. The van der Waals surface area contributed by atoms with Gasteiger partial charge in [0.25, 0.3) is 5.91 Å². The number of amides is 3. The van der Waals surface area contributed by atoms with Crippen molar-refractivity contribution in [3.63, 3.8) is 0 Å². The minimum atomic E-state index is -0.564. The van der Waals surface area contributed by atoms with Crippen LogP contribution >= 0.6 is 0 Å². The molecular weight excluding hydrogens is 372 g/mol. The van der Waals surface area contributed by atoms with Crippen LogP contribution in [0.2, 0.25) is 0 Å². The van der Waals surface area contributed by atoms with E-state index in [9.17, 15) is 14.4 Å². The zero-order valence-electron chi connectivity index (χ0n) is 16.6. The zero-order valence-corrected chi connectivity index (χ0v) is 16.6. The summed E-state index contributed by atoms with van der Waals surface area (Å²) in [6.45, 7) is 3.90. The molecule has 1 spiro atoms. The van der Waals surface area contributed by atoms with E-state index in [4.69, 9.17) is 4.74 Å². The van der Waals surface area contributed by atoms with Crippen molar-refractivity contribution in [2.24, 2.45) is 0 Å². The Morgan fingerprint density at radius 1 is 1.28 bits per heavy atom. The molecule has 0 aliphatic carbocycles. The first-order valence-corrected chi connectivity index (χ1v) is 10.3. The van der Waals surface area contributed by atoms with Crippen LogP contribution < -0.4 is 10.6 Å². The number of hydrogen-bond acceptors (Lipinski definition) is 6. The maximum Gasteiger partial charge on any atom is 0.255 e. The fourth-order valence-corrected chi connectivity index (χ4v) is 5.11. The number of hydrogen-bond donors (Lipinski definition) is 2. The molecule has 3 amide bonds. The summed E-state index contributed by atoms with van der Waals surface area (Å²) in [7, 11) is 1.98. The first-order chi connectivity index (χ1) is 14.0. The summed E-state index contributed by atoms with van der Waals surface area (Å²) >= 11 is 0. The minimum Gasteiger partial charge on any atom is -0.371 e. The van der Waals surface area contributed by atoms with E-state index >= 15 is 0 Å². The molecule has 3 fully saturated rings. The van der Waals surface area contributed by atoms with E-state index in [1.807, 2.05) is 19.2 Å². The van der Waals surface area contributed by atoms with Crippen molar-refractivity contribution in [1.82, 2.24) is 20.4 Å². The highest BCUT2D eigenvalue weighted by Gasteiger charge is 2.49. The van der Waals surface area contributed by atoms with Crippen LogP contribution in [0.15, 0.2) is 18.2 Å². The normalized spacial score (nSPS) is 28.6. The topological polar surface area (TPSA) is 91.0 Å². The number of nitrogens with zero attached hydrogens (tertiary/aromatic N) is 2. The lowest BCUT2D eigenvalue weighted by molar-refractivity contribution is -0.136. The van der Waals surface area contributed by atoms with E-state index in [-0.39, 0.29) is 29.7 Å². The number of benzene rings is 1. The predicted octanol–water partition coefficient (Wildman–Crippen LogP) is 0.0103. The fraction of sp³-hybridized carbons (Fsp3) is 0.571. The summed E-state index contributed by atoms with van der Waals surface area (Å²) in [5.74, 6) is -0.761. The molecule has 0 radical (unpaired) electrons. The van der Waals surface area contributed by atoms with Crippen molar-refractivity contribution in [2.45, 2.75) is 50.0 Å². The van der Waals surface area contributed by atoms with Gasteiger partial charge < -0.3 is 15.0 Å². The second-order valence-corrected chi connectivity index (χ2v) is 8.72. The second kappa shape index (κ2) is 6.90. The van der Waals surface area contributed by atoms with Gasteiger partial charge in [-0.2, -0.15) is 0 Å². The number of piperidine rings is 1. The van der Waals surface area contributed by atoms with Crippen LogP contribution in [-0.4, -0.2) is 72.0 Å². The molecule has 0 saturated carbocycles. The number of rotatable bonds is 4. The molecule has 1 aromatic rings. The molecule has 8 heteroatoms. The lowest BCUT2D eigenvalue weighted by Gasteiger charge is -2.47. The summed E-state index contributed by atoms with van der Waals surface area (Å²) in [6, 6.07) is 5.84. The minimum absolute atomic E-state index is 0.00292. The van der Waals surface area contributed by atoms with Crippen LogP contribution in [0, 0.1) is 0 Å². The monoisotopic (exact) mass is 398 g/mol. The number of likely N-dealkylation sites (N-methyl/N-ethyl adjacent to an activating group) is 1. The van der Waals surface area contributed by atoms with Gasteiger partial charge >= 0.3 is 0 Å². The molecule has 3 saturated heterocycles. The van der Waals surface area contributed by atoms with E-state index < -0.39 is 6.04 Å². The van der Waals surface area contributed by atoms with Crippen LogP contribution in [-0.2, 0) is 27.4 Å².